The van der Waals surface area contributed by atoms with E-state index in [2.05, 4.69) is 5.32 Å². The van der Waals surface area contributed by atoms with Crippen LogP contribution in [0.1, 0.15) is 12.5 Å². The topological polar surface area (TPSA) is 116 Å². The molecule has 1 saturated heterocycles. The minimum atomic E-state index is -1.43. The van der Waals surface area contributed by atoms with E-state index >= 15 is 0 Å². The Labute approximate surface area is 132 Å². The molecular formula is C15H18FNO6. The first-order chi connectivity index (χ1) is 10.8. The van der Waals surface area contributed by atoms with Crippen LogP contribution < -0.4 is 5.32 Å². The summed E-state index contributed by atoms with van der Waals surface area (Å²) in [5.74, 6) is -4.32. The largest absolute Gasteiger partial charge is 0.478 e. The summed E-state index contributed by atoms with van der Waals surface area (Å²) in [6.07, 6.45) is 1.12. The van der Waals surface area contributed by atoms with E-state index in [0.717, 1.165) is 0 Å². The van der Waals surface area contributed by atoms with Gasteiger partial charge in [0.2, 0.25) is 5.79 Å². The summed E-state index contributed by atoms with van der Waals surface area (Å²) in [7, 11) is 0. The summed E-state index contributed by atoms with van der Waals surface area (Å²) in [5.41, 5.74) is 0.446. The van der Waals surface area contributed by atoms with Crippen molar-refractivity contribution in [3.8, 4) is 0 Å². The van der Waals surface area contributed by atoms with Crippen molar-refractivity contribution in [1.82, 2.24) is 5.32 Å². The van der Waals surface area contributed by atoms with Gasteiger partial charge in [0.15, 0.2) is 0 Å². The molecular weight excluding hydrogens is 309 g/mol. The Kier molecular flexibility index (Phi) is 6.83. The Hall–Kier alpha value is -2.29. The zero-order valence-electron chi connectivity index (χ0n) is 12.4. The van der Waals surface area contributed by atoms with Crippen molar-refractivity contribution < 1.29 is 34.0 Å². The van der Waals surface area contributed by atoms with Gasteiger partial charge in [0.05, 0.1) is 12.6 Å². The van der Waals surface area contributed by atoms with Gasteiger partial charge in [0, 0.05) is 24.3 Å². The van der Waals surface area contributed by atoms with E-state index in [0.29, 0.717) is 30.9 Å². The molecule has 4 N–H and O–H groups in total. The third-order valence-electron chi connectivity index (χ3n) is 3.07. The number of rotatable bonds is 3. The molecule has 23 heavy (non-hydrogen) atoms. The molecule has 1 aliphatic rings. The average molecular weight is 327 g/mol. The standard InChI is InChI=1S/C11H14FNO2.C4H4O4/c1-8-11(14,15-6-5-13-8)9-3-2-4-10(12)7-9;5-3(6)1-2-4(7)8/h2-4,7-8,13-14H,5-6H2,1H3;1-2H,(H,5,6)(H,7,8)/b;2-1+. The van der Waals surface area contributed by atoms with Crippen molar-refractivity contribution in [3.63, 3.8) is 0 Å². The van der Waals surface area contributed by atoms with Crippen LogP contribution in [0.25, 0.3) is 0 Å². The smallest absolute Gasteiger partial charge is 0.328 e. The van der Waals surface area contributed by atoms with Gasteiger partial charge in [-0.1, -0.05) is 12.1 Å². The van der Waals surface area contributed by atoms with Gasteiger partial charge in [-0.15, -0.1) is 0 Å². The monoisotopic (exact) mass is 327 g/mol. The van der Waals surface area contributed by atoms with Gasteiger partial charge in [-0.25, -0.2) is 14.0 Å². The second-order valence-corrected chi connectivity index (χ2v) is 4.74. The molecule has 0 aromatic heterocycles. The van der Waals surface area contributed by atoms with Crippen LogP contribution in [0.3, 0.4) is 0 Å². The number of halogens is 1. The molecule has 0 spiro atoms. The summed E-state index contributed by atoms with van der Waals surface area (Å²) in [6, 6.07) is 5.60. The fourth-order valence-electron chi connectivity index (χ4n) is 1.93. The van der Waals surface area contributed by atoms with Crippen LogP contribution in [-0.2, 0) is 20.1 Å². The molecule has 1 heterocycles. The van der Waals surface area contributed by atoms with Crippen LogP contribution in [0.15, 0.2) is 36.4 Å². The molecule has 7 nitrogen and oxygen atoms in total. The normalized spacial score (nSPS) is 23.9. The number of aliphatic hydroxyl groups is 1. The van der Waals surface area contributed by atoms with E-state index in [1.165, 1.54) is 12.1 Å². The molecule has 126 valence electrons. The predicted octanol–water partition coefficient (Wildman–Crippen LogP) is 0.691. The number of ether oxygens (including phenoxy) is 1. The summed E-state index contributed by atoms with van der Waals surface area (Å²) >= 11 is 0. The first-order valence-corrected chi connectivity index (χ1v) is 6.75. The maximum absolute atomic E-state index is 13.0. The molecule has 8 heteroatoms. The number of aliphatic carboxylic acids is 2. The first kappa shape index (κ1) is 18.8. The molecule has 2 rings (SSSR count). The molecule has 1 aromatic rings. The highest BCUT2D eigenvalue weighted by molar-refractivity contribution is 5.89. The van der Waals surface area contributed by atoms with Gasteiger partial charge in [-0.2, -0.15) is 0 Å². The van der Waals surface area contributed by atoms with Crippen LogP contribution in [0.4, 0.5) is 4.39 Å². The molecule has 0 bridgehead atoms. The number of carboxylic acids is 2. The van der Waals surface area contributed by atoms with Gasteiger partial charge >= 0.3 is 11.9 Å². The highest BCUT2D eigenvalue weighted by Gasteiger charge is 2.39. The number of hydrogen-bond acceptors (Lipinski definition) is 5. The summed E-state index contributed by atoms with van der Waals surface area (Å²) in [4.78, 5) is 19.1. The van der Waals surface area contributed by atoms with E-state index < -0.39 is 17.7 Å². The lowest BCUT2D eigenvalue weighted by Crippen LogP contribution is -2.54. The van der Waals surface area contributed by atoms with E-state index in [9.17, 15) is 19.1 Å². The van der Waals surface area contributed by atoms with E-state index in [-0.39, 0.29) is 11.9 Å². The summed E-state index contributed by atoms with van der Waals surface area (Å²) in [5, 5.41) is 29.0. The van der Waals surface area contributed by atoms with Crippen LogP contribution in [0.2, 0.25) is 0 Å². The maximum Gasteiger partial charge on any atom is 0.328 e. The molecule has 2 atom stereocenters. The molecule has 1 aromatic carbocycles. The van der Waals surface area contributed by atoms with Crippen molar-refractivity contribution in [3.05, 3.63) is 47.8 Å². The van der Waals surface area contributed by atoms with E-state index in [1.54, 1.807) is 12.1 Å². The van der Waals surface area contributed by atoms with Gasteiger partial charge in [0.1, 0.15) is 5.82 Å². The Balaban J connectivity index is 0.000000284. The van der Waals surface area contributed by atoms with E-state index in [1.807, 2.05) is 6.92 Å². The predicted molar refractivity (Wildman–Crippen MR) is 78.1 cm³/mol. The van der Waals surface area contributed by atoms with Gasteiger partial charge < -0.3 is 25.4 Å². The Bertz CT molecular complexity index is 575. The molecule has 0 amide bonds. The second-order valence-electron chi connectivity index (χ2n) is 4.74. The molecule has 2 unspecified atom stereocenters. The Morgan fingerprint density at radius 3 is 2.43 bits per heavy atom. The maximum atomic E-state index is 13.0. The second kappa shape index (κ2) is 8.37. The third-order valence-corrected chi connectivity index (χ3v) is 3.07. The van der Waals surface area contributed by atoms with Crippen molar-refractivity contribution in [2.24, 2.45) is 0 Å². The lowest BCUT2D eigenvalue weighted by Gasteiger charge is -2.38. The highest BCUT2D eigenvalue weighted by Crippen LogP contribution is 2.28. The minimum Gasteiger partial charge on any atom is -0.478 e. The van der Waals surface area contributed by atoms with Gasteiger partial charge in [-0.05, 0) is 19.1 Å². The lowest BCUT2D eigenvalue weighted by atomic mass is 9.97. The fourth-order valence-corrected chi connectivity index (χ4v) is 1.93. The van der Waals surface area contributed by atoms with E-state index in [4.69, 9.17) is 14.9 Å². The molecule has 1 aliphatic heterocycles. The lowest BCUT2D eigenvalue weighted by molar-refractivity contribution is -0.245. The SMILES string of the molecule is CC1NCCOC1(O)c1cccc(F)c1.O=C(O)/C=C/C(=O)O. The molecule has 0 aliphatic carbocycles. The van der Waals surface area contributed by atoms with Crippen molar-refractivity contribution in [2.75, 3.05) is 13.2 Å². The number of hydrogen-bond donors (Lipinski definition) is 4. The zero-order chi connectivity index (χ0) is 17.5. The Morgan fingerprint density at radius 2 is 1.96 bits per heavy atom. The van der Waals surface area contributed by atoms with Crippen molar-refractivity contribution in [1.29, 1.82) is 0 Å². The van der Waals surface area contributed by atoms with Crippen LogP contribution in [-0.4, -0.2) is 46.5 Å². The molecule has 1 fully saturated rings. The zero-order valence-corrected chi connectivity index (χ0v) is 12.4. The quantitative estimate of drug-likeness (QED) is 0.604. The van der Waals surface area contributed by atoms with Gasteiger partial charge in [-0.3, -0.25) is 0 Å². The van der Waals surface area contributed by atoms with Crippen LogP contribution in [0.5, 0.6) is 0 Å². The summed E-state index contributed by atoms with van der Waals surface area (Å²) in [6.45, 7) is 2.92. The number of carbonyl (C=O) groups is 2. The summed E-state index contributed by atoms with van der Waals surface area (Å²) < 4.78 is 18.4. The highest BCUT2D eigenvalue weighted by atomic mass is 19.1. The minimum absolute atomic E-state index is 0.256. The van der Waals surface area contributed by atoms with Gasteiger partial charge in [0.25, 0.3) is 0 Å². The van der Waals surface area contributed by atoms with Crippen LogP contribution in [0, 0.1) is 5.82 Å². The first-order valence-electron chi connectivity index (χ1n) is 6.75. The fraction of sp³-hybridized carbons (Fsp3) is 0.333. The van der Waals surface area contributed by atoms with Crippen LogP contribution >= 0.6 is 0 Å². The third kappa shape index (κ3) is 5.78. The van der Waals surface area contributed by atoms with Crippen molar-refractivity contribution in [2.45, 2.75) is 18.8 Å². The average Bonchev–Trinajstić information content (AvgIpc) is 2.49. The molecule has 0 radical (unpaired) electrons. The number of nitrogens with one attached hydrogen (secondary N) is 1. The van der Waals surface area contributed by atoms with Crippen molar-refractivity contribution >= 4 is 11.9 Å². The molecule has 0 saturated carbocycles. The number of carboxylic acid groups (broad SMARTS) is 2. The Morgan fingerprint density at radius 1 is 1.35 bits per heavy atom. The number of benzene rings is 1. The number of morpholine rings is 1.